The van der Waals surface area contributed by atoms with Gasteiger partial charge in [-0.15, -0.1) is 11.3 Å². The Hall–Kier alpha value is -2.89. The molecule has 0 spiro atoms. The van der Waals surface area contributed by atoms with E-state index in [1.165, 1.54) is 29.6 Å². The molecule has 3 aromatic heterocycles. The number of halogens is 1. The zero-order chi connectivity index (χ0) is 22.8. The Morgan fingerprint density at radius 2 is 2.03 bits per heavy atom. The van der Waals surface area contributed by atoms with Crippen LogP contribution in [0.5, 0.6) is 0 Å². The van der Waals surface area contributed by atoms with Gasteiger partial charge in [-0.3, -0.25) is 19.6 Å². The molecule has 1 aromatic carbocycles. The first kappa shape index (κ1) is 22.3. The number of ketones is 1. The Kier molecular flexibility index (Phi) is 6.49. The van der Waals surface area contributed by atoms with Crippen LogP contribution in [0.3, 0.4) is 0 Å². The fraction of sp³-hybridized carbons (Fsp3) is 0.190. The second kappa shape index (κ2) is 9.31. The standard InChI is InChI=1S/C21H19BrN6O2S2/c1-4-28-9-15(22)17(27-28)19(30)26-21-23-11(2)18(32-21)16-10-31-20(25-16)24-14-7-5-6-13(8-14)12(3)29/h5-10H,4H2,1-3H3,(H,24,25)(H,23,26,30). The van der Waals surface area contributed by atoms with Gasteiger partial charge in [0.15, 0.2) is 21.7 Å². The van der Waals surface area contributed by atoms with Crippen molar-refractivity contribution in [2.75, 3.05) is 10.6 Å². The first-order chi connectivity index (χ1) is 15.3. The lowest BCUT2D eigenvalue weighted by molar-refractivity contribution is 0.101. The number of rotatable bonds is 7. The molecule has 2 N–H and O–H groups in total. The van der Waals surface area contributed by atoms with Crippen molar-refractivity contribution in [2.45, 2.75) is 27.3 Å². The molecule has 0 saturated heterocycles. The van der Waals surface area contributed by atoms with E-state index in [0.717, 1.165) is 22.0 Å². The van der Waals surface area contributed by atoms with Crippen LogP contribution in [0, 0.1) is 6.92 Å². The molecule has 1 amide bonds. The second-order valence-corrected chi connectivity index (χ2v) is 9.58. The molecule has 0 atom stereocenters. The van der Waals surface area contributed by atoms with Crippen molar-refractivity contribution >= 4 is 66.2 Å². The number of carbonyl (C=O) groups excluding carboxylic acids is 2. The van der Waals surface area contributed by atoms with E-state index in [4.69, 9.17) is 0 Å². The molecule has 0 bridgehead atoms. The van der Waals surface area contributed by atoms with Crippen LogP contribution in [0.25, 0.3) is 10.6 Å². The van der Waals surface area contributed by atoms with Gasteiger partial charge in [0, 0.05) is 29.4 Å². The normalized spacial score (nSPS) is 10.9. The van der Waals surface area contributed by atoms with Gasteiger partial charge in [-0.1, -0.05) is 23.5 Å². The Morgan fingerprint density at radius 3 is 2.75 bits per heavy atom. The van der Waals surface area contributed by atoms with E-state index in [9.17, 15) is 9.59 Å². The molecule has 4 rings (SSSR count). The number of nitrogens with one attached hydrogen (secondary N) is 2. The van der Waals surface area contributed by atoms with E-state index in [-0.39, 0.29) is 11.7 Å². The van der Waals surface area contributed by atoms with Gasteiger partial charge in [-0.05, 0) is 48.8 Å². The fourth-order valence-corrected chi connectivity index (χ4v) is 5.15. The first-order valence-electron chi connectivity index (χ1n) is 9.69. The Bertz CT molecular complexity index is 1310. The number of Topliss-reactive ketones (excluding diaryl/α,β-unsaturated/α-hetero) is 1. The van der Waals surface area contributed by atoms with Crippen LogP contribution in [0.2, 0.25) is 0 Å². The summed E-state index contributed by atoms with van der Waals surface area (Å²) >= 11 is 6.19. The molecular weight excluding hydrogens is 512 g/mol. The predicted octanol–water partition coefficient (Wildman–Crippen LogP) is 5.75. The topological polar surface area (TPSA) is 102 Å². The molecule has 0 aliphatic heterocycles. The third-order valence-electron chi connectivity index (χ3n) is 4.53. The van der Waals surface area contributed by atoms with Gasteiger partial charge in [0.1, 0.15) is 0 Å². The number of aryl methyl sites for hydroxylation is 2. The Balaban J connectivity index is 1.50. The molecule has 0 aliphatic rings. The van der Waals surface area contributed by atoms with Gasteiger partial charge < -0.3 is 5.32 Å². The molecule has 3 heterocycles. The highest BCUT2D eigenvalue weighted by molar-refractivity contribution is 9.10. The number of amides is 1. The second-order valence-electron chi connectivity index (χ2n) is 6.87. The molecule has 8 nitrogen and oxygen atoms in total. The van der Waals surface area contributed by atoms with E-state index in [1.807, 2.05) is 31.4 Å². The molecule has 32 heavy (non-hydrogen) atoms. The molecule has 164 valence electrons. The maximum atomic E-state index is 12.6. The van der Waals surface area contributed by atoms with Crippen molar-refractivity contribution in [1.82, 2.24) is 19.7 Å². The number of aromatic nitrogens is 4. The summed E-state index contributed by atoms with van der Waals surface area (Å²) < 4.78 is 2.32. The lowest BCUT2D eigenvalue weighted by Crippen LogP contribution is -2.13. The molecule has 0 aliphatic carbocycles. The van der Waals surface area contributed by atoms with Crippen LogP contribution < -0.4 is 10.6 Å². The van der Waals surface area contributed by atoms with Crippen molar-refractivity contribution in [2.24, 2.45) is 0 Å². The highest BCUT2D eigenvalue weighted by Gasteiger charge is 2.19. The van der Waals surface area contributed by atoms with E-state index in [0.29, 0.717) is 32.5 Å². The van der Waals surface area contributed by atoms with Gasteiger partial charge in [0.05, 0.1) is 20.7 Å². The third-order valence-corrected chi connectivity index (χ3v) is 6.96. The predicted molar refractivity (Wildman–Crippen MR) is 131 cm³/mol. The summed E-state index contributed by atoms with van der Waals surface area (Å²) in [6, 6.07) is 7.30. The van der Waals surface area contributed by atoms with Crippen molar-refractivity contribution in [3.63, 3.8) is 0 Å². The molecule has 0 unspecified atom stereocenters. The van der Waals surface area contributed by atoms with Crippen LogP contribution in [0.15, 0.2) is 40.3 Å². The highest BCUT2D eigenvalue weighted by atomic mass is 79.9. The number of thiazole rings is 2. The van der Waals surface area contributed by atoms with Gasteiger partial charge in [-0.2, -0.15) is 5.10 Å². The van der Waals surface area contributed by atoms with Crippen molar-refractivity contribution < 1.29 is 9.59 Å². The average Bonchev–Trinajstić information content (AvgIpc) is 3.46. The summed E-state index contributed by atoms with van der Waals surface area (Å²) in [4.78, 5) is 34.2. The molecule has 4 aromatic rings. The minimum absolute atomic E-state index is 0.0110. The number of nitrogens with zero attached hydrogens (tertiary/aromatic N) is 4. The maximum Gasteiger partial charge on any atom is 0.279 e. The van der Waals surface area contributed by atoms with E-state index in [2.05, 4.69) is 41.6 Å². The minimum Gasteiger partial charge on any atom is -0.332 e. The quantitative estimate of drug-likeness (QED) is 0.295. The minimum atomic E-state index is -0.324. The molecule has 0 radical (unpaired) electrons. The van der Waals surface area contributed by atoms with E-state index < -0.39 is 0 Å². The third kappa shape index (κ3) is 4.79. The molecule has 11 heteroatoms. The summed E-state index contributed by atoms with van der Waals surface area (Å²) in [6.45, 7) is 6.05. The van der Waals surface area contributed by atoms with Gasteiger partial charge in [0.25, 0.3) is 5.91 Å². The Labute approximate surface area is 200 Å². The largest absolute Gasteiger partial charge is 0.332 e. The lowest BCUT2D eigenvalue weighted by Gasteiger charge is -2.03. The molecular formula is C21H19BrN6O2S2. The zero-order valence-electron chi connectivity index (χ0n) is 17.5. The highest BCUT2D eigenvalue weighted by Crippen LogP contribution is 2.35. The van der Waals surface area contributed by atoms with Crippen molar-refractivity contribution in [1.29, 1.82) is 0 Å². The van der Waals surface area contributed by atoms with Crippen molar-refractivity contribution in [3.8, 4) is 10.6 Å². The first-order valence-corrected chi connectivity index (χ1v) is 12.2. The van der Waals surface area contributed by atoms with E-state index >= 15 is 0 Å². The summed E-state index contributed by atoms with van der Waals surface area (Å²) in [5, 5.41) is 13.4. The van der Waals surface area contributed by atoms with Gasteiger partial charge >= 0.3 is 0 Å². The maximum absolute atomic E-state index is 12.6. The summed E-state index contributed by atoms with van der Waals surface area (Å²) in [5.41, 5.74) is 3.30. The monoisotopic (exact) mass is 530 g/mol. The average molecular weight is 531 g/mol. The zero-order valence-corrected chi connectivity index (χ0v) is 20.7. The van der Waals surface area contributed by atoms with Crippen LogP contribution in [0.4, 0.5) is 16.0 Å². The molecule has 0 fully saturated rings. The lowest BCUT2D eigenvalue weighted by atomic mass is 10.1. The number of hydrogen-bond donors (Lipinski definition) is 2. The summed E-state index contributed by atoms with van der Waals surface area (Å²) in [7, 11) is 0. The summed E-state index contributed by atoms with van der Waals surface area (Å²) in [5.74, 6) is -0.313. The van der Waals surface area contributed by atoms with Crippen molar-refractivity contribution in [3.05, 3.63) is 57.3 Å². The smallest absolute Gasteiger partial charge is 0.279 e. The Morgan fingerprint density at radius 1 is 1.22 bits per heavy atom. The number of benzene rings is 1. The van der Waals surface area contributed by atoms with Gasteiger partial charge in [0.2, 0.25) is 0 Å². The van der Waals surface area contributed by atoms with E-state index in [1.54, 1.807) is 23.0 Å². The SMILES string of the molecule is CCn1cc(Br)c(C(=O)Nc2nc(C)c(-c3csc(Nc4cccc(C(C)=O)c4)n3)s2)n1. The van der Waals surface area contributed by atoms with Gasteiger partial charge in [-0.25, -0.2) is 9.97 Å². The van der Waals surface area contributed by atoms with Crippen LogP contribution in [0.1, 0.15) is 40.4 Å². The summed E-state index contributed by atoms with van der Waals surface area (Å²) in [6.07, 6.45) is 1.77. The fourth-order valence-electron chi connectivity index (χ4n) is 2.93. The number of hydrogen-bond acceptors (Lipinski definition) is 8. The number of carbonyl (C=O) groups is 2. The van der Waals surface area contributed by atoms with Crippen LogP contribution >= 0.6 is 38.6 Å². The number of anilines is 3. The van der Waals surface area contributed by atoms with Crippen LogP contribution in [-0.2, 0) is 6.54 Å². The van der Waals surface area contributed by atoms with Crippen LogP contribution in [-0.4, -0.2) is 31.4 Å². The molecule has 0 saturated carbocycles.